The SMILES string of the molecule is CCNCc1coc2cc(C)ccc12. The highest BCUT2D eigenvalue weighted by Gasteiger charge is 2.04. The summed E-state index contributed by atoms with van der Waals surface area (Å²) in [6.07, 6.45) is 1.84. The van der Waals surface area contributed by atoms with Gasteiger partial charge in [-0.05, 0) is 25.1 Å². The van der Waals surface area contributed by atoms with E-state index in [1.807, 2.05) is 6.26 Å². The van der Waals surface area contributed by atoms with Crippen molar-refractivity contribution in [2.24, 2.45) is 0 Å². The topological polar surface area (TPSA) is 25.2 Å². The van der Waals surface area contributed by atoms with E-state index in [1.165, 1.54) is 16.5 Å². The molecule has 0 aliphatic carbocycles. The van der Waals surface area contributed by atoms with Gasteiger partial charge in [-0.25, -0.2) is 0 Å². The summed E-state index contributed by atoms with van der Waals surface area (Å²) in [5.41, 5.74) is 3.46. The molecule has 2 nitrogen and oxygen atoms in total. The molecule has 14 heavy (non-hydrogen) atoms. The summed E-state index contributed by atoms with van der Waals surface area (Å²) in [5, 5.41) is 4.52. The molecule has 2 aromatic rings. The number of aryl methyl sites for hydroxylation is 1. The molecule has 2 rings (SSSR count). The first kappa shape index (κ1) is 9.28. The predicted molar refractivity (Wildman–Crippen MR) is 58.3 cm³/mol. The minimum Gasteiger partial charge on any atom is -0.464 e. The highest BCUT2D eigenvalue weighted by molar-refractivity contribution is 5.81. The molecule has 0 spiro atoms. The van der Waals surface area contributed by atoms with Gasteiger partial charge in [0.15, 0.2) is 0 Å². The highest BCUT2D eigenvalue weighted by Crippen LogP contribution is 2.21. The molecule has 1 N–H and O–H groups in total. The Morgan fingerprint density at radius 1 is 1.36 bits per heavy atom. The van der Waals surface area contributed by atoms with Gasteiger partial charge in [-0.2, -0.15) is 0 Å². The Morgan fingerprint density at radius 2 is 2.21 bits per heavy atom. The van der Waals surface area contributed by atoms with Crippen LogP contribution < -0.4 is 5.32 Å². The first-order valence-electron chi connectivity index (χ1n) is 4.98. The lowest BCUT2D eigenvalue weighted by atomic mass is 10.1. The van der Waals surface area contributed by atoms with Crippen molar-refractivity contribution in [2.45, 2.75) is 20.4 Å². The summed E-state index contributed by atoms with van der Waals surface area (Å²) >= 11 is 0. The van der Waals surface area contributed by atoms with Crippen molar-refractivity contribution in [1.82, 2.24) is 5.32 Å². The Kier molecular flexibility index (Phi) is 2.55. The second-order valence-corrected chi connectivity index (χ2v) is 3.54. The minimum atomic E-state index is 0.882. The fourth-order valence-electron chi connectivity index (χ4n) is 1.59. The van der Waals surface area contributed by atoms with Crippen molar-refractivity contribution in [1.29, 1.82) is 0 Å². The zero-order valence-electron chi connectivity index (χ0n) is 8.63. The number of fused-ring (bicyclic) bond motifs is 1. The third kappa shape index (κ3) is 1.66. The van der Waals surface area contributed by atoms with Crippen LogP contribution in [-0.4, -0.2) is 6.54 Å². The average Bonchev–Trinajstić information content (AvgIpc) is 2.57. The van der Waals surface area contributed by atoms with Crippen LogP contribution in [-0.2, 0) is 6.54 Å². The van der Waals surface area contributed by atoms with Gasteiger partial charge in [0.2, 0.25) is 0 Å². The molecule has 0 atom stereocenters. The molecule has 0 bridgehead atoms. The van der Waals surface area contributed by atoms with Gasteiger partial charge in [0.1, 0.15) is 5.58 Å². The Morgan fingerprint density at radius 3 is 3.00 bits per heavy atom. The molecule has 1 aromatic heterocycles. The van der Waals surface area contributed by atoms with Gasteiger partial charge < -0.3 is 9.73 Å². The molecule has 0 saturated carbocycles. The maximum absolute atomic E-state index is 5.49. The Hall–Kier alpha value is -1.28. The van der Waals surface area contributed by atoms with Crippen LogP contribution in [0.5, 0.6) is 0 Å². The standard InChI is InChI=1S/C12H15NO/c1-3-13-7-10-8-14-12-6-9(2)4-5-11(10)12/h4-6,8,13H,3,7H2,1-2H3. The van der Waals surface area contributed by atoms with E-state index >= 15 is 0 Å². The van der Waals surface area contributed by atoms with Crippen LogP contribution in [0, 0.1) is 6.92 Å². The van der Waals surface area contributed by atoms with Gasteiger partial charge in [-0.15, -0.1) is 0 Å². The van der Waals surface area contributed by atoms with E-state index in [0.717, 1.165) is 18.7 Å². The van der Waals surface area contributed by atoms with E-state index in [0.29, 0.717) is 0 Å². The molecular formula is C12H15NO. The Bertz CT molecular complexity index is 431. The monoisotopic (exact) mass is 189 g/mol. The van der Waals surface area contributed by atoms with Gasteiger partial charge in [0.05, 0.1) is 6.26 Å². The molecule has 0 fully saturated rings. The van der Waals surface area contributed by atoms with Crippen LogP contribution in [0.4, 0.5) is 0 Å². The Labute approximate surface area is 83.9 Å². The van der Waals surface area contributed by atoms with Crippen LogP contribution in [0.15, 0.2) is 28.9 Å². The predicted octanol–water partition coefficient (Wildman–Crippen LogP) is 2.85. The third-order valence-electron chi connectivity index (χ3n) is 2.38. The van der Waals surface area contributed by atoms with Gasteiger partial charge in [0.25, 0.3) is 0 Å². The van der Waals surface area contributed by atoms with Crippen molar-refractivity contribution in [3.05, 3.63) is 35.6 Å². The molecule has 1 aromatic carbocycles. The smallest absolute Gasteiger partial charge is 0.134 e. The number of furan rings is 1. The van der Waals surface area contributed by atoms with E-state index < -0.39 is 0 Å². The van der Waals surface area contributed by atoms with Crippen LogP contribution in [0.2, 0.25) is 0 Å². The number of hydrogen-bond donors (Lipinski definition) is 1. The van der Waals surface area contributed by atoms with E-state index in [2.05, 4.69) is 37.4 Å². The Balaban J connectivity index is 2.37. The van der Waals surface area contributed by atoms with Crippen molar-refractivity contribution < 1.29 is 4.42 Å². The molecule has 2 heteroatoms. The van der Waals surface area contributed by atoms with Crippen molar-refractivity contribution in [2.75, 3.05) is 6.54 Å². The fraction of sp³-hybridized carbons (Fsp3) is 0.333. The fourth-order valence-corrected chi connectivity index (χ4v) is 1.59. The number of hydrogen-bond acceptors (Lipinski definition) is 2. The average molecular weight is 189 g/mol. The molecule has 1 heterocycles. The normalized spacial score (nSPS) is 11.0. The van der Waals surface area contributed by atoms with Crippen LogP contribution in [0.1, 0.15) is 18.1 Å². The van der Waals surface area contributed by atoms with Crippen LogP contribution in [0.3, 0.4) is 0 Å². The van der Waals surface area contributed by atoms with Crippen LogP contribution >= 0.6 is 0 Å². The van der Waals surface area contributed by atoms with E-state index in [-0.39, 0.29) is 0 Å². The summed E-state index contributed by atoms with van der Waals surface area (Å²) in [6.45, 7) is 6.05. The van der Waals surface area contributed by atoms with Crippen LogP contribution in [0.25, 0.3) is 11.0 Å². The molecule has 0 saturated heterocycles. The van der Waals surface area contributed by atoms with E-state index in [1.54, 1.807) is 0 Å². The number of benzene rings is 1. The minimum absolute atomic E-state index is 0.882. The molecule has 0 amide bonds. The van der Waals surface area contributed by atoms with Crippen molar-refractivity contribution in [3.8, 4) is 0 Å². The van der Waals surface area contributed by atoms with E-state index in [4.69, 9.17) is 4.42 Å². The van der Waals surface area contributed by atoms with Gasteiger partial charge in [-0.1, -0.05) is 19.1 Å². The summed E-state index contributed by atoms with van der Waals surface area (Å²) in [5.74, 6) is 0. The number of rotatable bonds is 3. The summed E-state index contributed by atoms with van der Waals surface area (Å²) in [6, 6.07) is 6.32. The van der Waals surface area contributed by atoms with Crippen molar-refractivity contribution >= 4 is 11.0 Å². The summed E-state index contributed by atoms with van der Waals surface area (Å²) in [7, 11) is 0. The lowest BCUT2D eigenvalue weighted by Crippen LogP contribution is -2.11. The number of nitrogens with one attached hydrogen (secondary N) is 1. The maximum atomic E-state index is 5.49. The zero-order valence-corrected chi connectivity index (χ0v) is 8.63. The zero-order chi connectivity index (χ0) is 9.97. The lowest BCUT2D eigenvalue weighted by molar-refractivity contribution is 0.604. The largest absolute Gasteiger partial charge is 0.464 e. The van der Waals surface area contributed by atoms with Gasteiger partial charge >= 0.3 is 0 Å². The first-order chi connectivity index (χ1) is 6.81. The molecular weight excluding hydrogens is 174 g/mol. The first-order valence-corrected chi connectivity index (χ1v) is 4.98. The molecule has 0 unspecified atom stereocenters. The molecule has 0 aliphatic rings. The summed E-state index contributed by atoms with van der Waals surface area (Å²) < 4.78 is 5.49. The second kappa shape index (κ2) is 3.84. The second-order valence-electron chi connectivity index (χ2n) is 3.54. The molecule has 74 valence electrons. The van der Waals surface area contributed by atoms with Crippen molar-refractivity contribution in [3.63, 3.8) is 0 Å². The third-order valence-corrected chi connectivity index (χ3v) is 2.38. The summed E-state index contributed by atoms with van der Waals surface area (Å²) in [4.78, 5) is 0. The van der Waals surface area contributed by atoms with Gasteiger partial charge in [0, 0.05) is 17.5 Å². The van der Waals surface area contributed by atoms with Gasteiger partial charge in [-0.3, -0.25) is 0 Å². The molecule has 0 radical (unpaired) electrons. The maximum Gasteiger partial charge on any atom is 0.134 e. The quantitative estimate of drug-likeness (QED) is 0.803. The highest BCUT2D eigenvalue weighted by atomic mass is 16.3. The van der Waals surface area contributed by atoms with E-state index in [9.17, 15) is 0 Å². The lowest BCUT2D eigenvalue weighted by Gasteiger charge is -1.98. The molecule has 0 aliphatic heterocycles.